The molecule has 1 aliphatic heterocycles. The molecule has 0 bridgehead atoms. The Balaban J connectivity index is 2.09. The lowest BCUT2D eigenvalue weighted by Crippen LogP contribution is -2.28. The average molecular weight is 336 g/mol. The van der Waals surface area contributed by atoms with Crippen LogP contribution in [0.1, 0.15) is 12.8 Å². The predicted molar refractivity (Wildman–Crippen MR) is 86.3 cm³/mol. The van der Waals surface area contributed by atoms with E-state index in [0.29, 0.717) is 27.6 Å². The Bertz CT molecular complexity index is 794. The maximum absolute atomic E-state index is 12.7. The summed E-state index contributed by atoms with van der Waals surface area (Å²) < 4.78 is 7.24. The number of ether oxygens (including phenoxy) is 1. The number of hydrogen-bond donors (Lipinski definition) is 0. The molecule has 0 aliphatic carbocycles. The predicted octanol–water partition coefficient (Wildman–Crippen LogP) is 2.84. The number of fused-ring (bicyclic) bond motifs is 1. The van der Waals surface area contributed by atoms with Crippen molar-refractivity contribution >= 4 is 34.3 Å². The fourth-order valence-corrected chi connectivity index (χ4v) is 3.37. The van der Waals surface area contributed by atoms with Gasteiger partial charge < -0.3 is 4.74 Å². The van der Waals surface area contributed by atoms with Crippen LogP contribution in [-0.4, -0.2) is 28.0 Å². The Kier molecular flexibility index (Phi) is 4.67. The van der Waals surface area contributed by atoms with Gasteiger partial charge in [-0.3, -0.25) is 9.36 Å². The second-order valence-electron chi connectivity index (χ2n) is 5.05. The number of nitriles is 1. The third-order valence-electron chi connectivity index (χ3n) is 3.56. The molecule has 3 rings (SSSR count). The summed E-state index contributed by atoms with van der Waals surface area (Å²) >= 11 is 7.23. The van der Waals surface area contributed by atoms with Crippen LogP contribution in [0.2, 0.25) is 5.02 Å². The lowest BCUT2D eigenvalue weighted by atomic mass is 10.2. The molecule has 114 valence electrons. The average Bonchev–Trinajstić information content (AvgIpc) is 3.01. The highest BCUT2D eigenvalue weighted by molar-refractivity contribution is 7.99. The van der Waals surface area contributed by atoms with Gasteiger partial charge in [0.05, 0.1) is 35.4 Å². The van der Waals surface area contributed by atoms with Crippen LogP contribution in [0.15, 0.2) is 28.2 Å². The fourth-order valence-electron chi connectivity index (χ4n) is 2.53. The second kappa shape index (κ2) is 6.69. The molecule has 22 heavy (non-hydrogen) atoms. The standard InChI is InChI=1S/C15H14ClN3O2S/c16-10-3-4-12-13(8-10)18-15(22-7-5-17)19(14(12)20)9-11-2-1-6-21-11/h3-4,8,11H,1-2,6-7,9H2/t11-/m0/s1. The molecule has 1 atom stereocenters. The highest BCUT2D eigenvalue weighted by Crippen LogP contribution is 2.22. The zero-order chi connectivity index (χ0) is 15.5. The number of aromatic nitrogens is 2. The maximum atomic E-state index is 12.7. The lowest BCUT2D eigenvalue weighted by Gasteiger charge is -2.15. The maximum Gasteiger partial charge on any atom is 0.262 e. The third kappa shape index (κ3) is 3.12. The topological polar surface area (TPSA) is 67.9 Å². The van der Waals surface area contributed by atoms with Gasteiger partial charge in [-0.2, -0.15) is 5.26 Å². The van der Waals surface area contributed by atoms with Crippen molar-refractivity contribution < 1.29 is 4.74 Å². The van der Waals surface area contributed by atoms with Crippen molar-refractivity contribution in [1.29, 1.82) is 5.26 Å². The van der Waals surface area contributed by atoms with Gasteiger partial charge >= 0.3 is 0 Å². The van der Waals surface area contributed by atoms with E-state index in [4.69, 9.17) is 21.6 Å². The third-order valence-corrected chi connectivity index (χ3v) is 4.64. The normalized spacial score (nSPS) is 17.7. The molecule has 0 amide bonds. The Morgan fingerprint density at radius 2 is 2.41 bits per heavy atom. The molecule has 2 aromatic rings. The minimum absolute atomic E-state index is 0.0330. The minimum atomic E-state index is -0.113. The molecule has 0 radical (unpaired) electrons. The van der Waals surface area contributed by atoms with Gasteiger partial charge in [0.1, 0.15) is 0 Å². The van der Waals surface area contributed by atoms with Gasteiger partial charge in [-0.15, -0.1) is 0 Å². The summed E-state index contributed by atoms with van der Waals surface area (Å²) in [4.78, 5) is 17.3. The number of thioether (sulfide) groups is 1. The monoisotopic (exact) mass is 335 g/mol. The summed E-state index contributed by atoms with van der Waals surface area (Å²) in [6.07, 6.45) is 1.98. The summed E-state index contributed by atoms with van der Waals surface area (Å²) in [5, 5.41) is 10.4. The summed E-state index contributed by atoms with van der Waals surface area (Å²) in [6, 6.07) is 7.12. The molecule has 0 spiro atoms. The number of benzene rings is 1. The van der Waals surface area contributed by atoms with Crippen LogP contribution in [-0.2, 0) is 11.3 Å². The van der Waals surface area contributed by atoms with Crippen LogP contribution in [0.4, 0.5) is 0 Å². The summed E-state index contributed by atoms with van der Waals surface area (Å²) in [5.74, 6) is 0.240. The van der Waals surface area contributed by atoms with Gasteiger partial charge in [0.25, 0.3) is 5.56 Å². The van der Waals surface area contributed by atoms with Gasteiger partial charge in [0, 0.05) is 11.6 Å². The molecule has 7 heteroatoms. The van der Waals surface area contributed by atoms with Crippen molar-refractivity contribution in [1.82, 2.24) is 9.55 Å². The van der Waals surface area contributed by atoms with E-state index in [1.54, 1.807) is 22.8 Å². The first kappa shape index (κ1) is 15.3. The summed E-state index contributed by atoms with van der Waals surface area (Å²) in [6.45, 7) is 1.20. The minimum Gasteiger partial charge on any atom is -0.376 e. The molecule has 1 aliphatic rings. The Hall–Kier alpha value is -1.55. The van der Waals surface area contributed by atoms with Gasteiger partial charge in [0.15, 0.2) is 5.16 Å². The Labute approximate surface area is 136 Å². The quantitative estimate of drug-likeness (QED) is 0.635. The smallest absolute Gasteiger partial charge is 0.262 e. The number of nitrogens with zero attached hydrogens (tertiary/aromatic N) is 3. The van der Waals surface area contributed by atoms with E-state index in [1.165, 1.54) is 11.8 Å². The van der Waals surface area contributed by atoms with Crippen molar-refractivity contribution in [3.63, 3.8) is 0 Å². The number of rotatable bonds is 4. The first-order valence-electron chi connectivity index (χ1n) is 7.00. The SMILES string of the molecule is N#CCSc1nc2cc(Cl)ccc2c(=O)n1C[C@@H]1CCCO1. The Morgan fingerprint density at radius 1 is 1.55 bits per heavy atom. The highest BCUT2D eigenvalue weighted by Gasteiger charge is 2.20. The van der Waals surface area contributed by atoms with Gasteiger partial charge in [-0.1, -0.05) is 23.4 Å². The van der Waals surface area contributed by atoms with Crippen LogP contribution in [0.5, 0.6) is 0 Å². The highest BCUT2D eigenvalue weighted by atomic mass is 35.5. The van der Waals surface area contributed by atoms with Crippen LogP contribution < -0.4 is 5.56 Å². The Morgan fingerprint density at radius 3 is 3.14 bits per heavy atom. The largest absolute Gasteiger partial charge is 0.376 e. The van der Waals surface area contributed by atoms with E-state index in [2.05, 4.69) is 11.1 Å². The molecule has 2 heterocycles. The van der Waals surface area contributed by atoms with Crippen LogP contribution in [0.3, 0.4) is 0 Å². The van der Waals surface area contributed by atoms with E-state index in [-0.39, 0.29) is 17.4 Å². The molecule has 0 unspecified atom stereocenters. The van der Waals surface area contributed by atoms with Crippen molar-refractivity contribution in [2.75, 3.05) is 12.4 Å². The molecular weight excluding hydrogens is 322 g/mol. The van der Waals surface area contributed by atoms with Crippen molar-refractivity contribution in [3.8, 4) is 6.07 Å². The van der Waals surface area contributed by atoms with Crippen molar-refractivity contribution in [3.05, 3.63) is 33.6 Å². The first-order valence-corrected chi connectivity index (χ1v) is 8.37. The molecule has 0 N–H and O–H groups in total. The van der Waals surface area contributed by atoms with E-state index in [0.717, 1.165) is 19.4 Å². The first-order chi connectivity index (χ1) is 10.7. The van der Waals surface area contributed by atoms with Crippen LogP contribution in [0, 0.1) is 11.3 Å². The van der Waals surface area contributed by atoms with Crippen molar-refractivity contribution in [2.45, 2.75) is 30.6 Å². The van der Waals surface area contributed by atoms with Gasteiger partial charge in [-0.25, -0.2) is 4.98 Å². The van der Waals surface area contributed by atoms with Crippen LogP contribution in [0.25, 0.3) is 10.9 Å². The fraction of sp³-hybridized carbons (Fsp3) is 0.400. The van der Waals surface area contributed by atoms with E-state index >= 15 is 0 Å². The molecule has 5 nitrogen and oxygen atoms in total. The molecule has 1 saturated heterocycles. The number of halogens is 1. The zero-order valence-electron chi connectivity index (χ0n) is 11.8. The second-order valence-corrected chi connectivity index (χ2v) is 6.43. The summed E-state index contributed by atoms with van der Waals surface area (Å²) in [7, 11) is 0. The summed E-state index contributed by atoms with van der Waals surface area (Å²) in [5.41, 5.74) is 0.444. The van der Waals surface area contributed by atoms with Gasteiger partial charge in [-0.05, 0) is 31.0 Å². The molecule has 1 aromatic carbocycles. The van der Waals surface area contributed by atoms with E-state index in [9.17, 15) is 4.79 Å². The van der Waals surface area contributed by atoms with Crippen LogP contribution >= 0.6 is 23.4 Å². The number of hydrogen-bond acceptors (Lipinski definition) is 5. The van der Waals surface area contributed by atoms with Crippen molar-refractivity contribution in [2.24, 2.45) is 0 Å². The van der Waals surface area contributed by atoms with E-state index < -0.39 is 0 Å². The van der Waals surface area contributed by atoms with E-state index in [1.807, 2.05) is 0 Å². The molecule has 0 saturated carbocycles. The van der Waals surface area contributed by atoms with Gasteiger partial charge in [0.2, 0.25) is 0 Å². The zero-order valence-corrected chi connectivity index (χ0v) is 13.4. The molecule has 1 fully saturated rings. The molecular formula is C15H14ClN3O2S. The lowest BCUT2D eigenvalue weighted by molar-refractivity contribution is 0.0937. The molecule has 1 aromatic heterocycles.